The van der Waals surface area contributed by atoms with Crippen LogP contribution in [-0.2, 0) is 0 Å². The highest BCUT2D eigenvalue weighted by Crippen LogP contribution is 2.20. The molecule has 2 rings (SSSR count). The standard InChI is InChI=1S/C8H7N3S/c9-4-7-5-10-8-11(6-7)2-1-3-12-8/h1-2,5H,3,6H2. The van der Waals surface area contributed by atoms with Crippen molar-refractivity contribution in [3.63, 3.8) is 0 Å². The van der Waals surface area contributed by atoms with E-state index in [1.165, 1.54) is 0 Å². The highest BCUT2D eigenvalue weighted by molar-refractivity contribution is 8.14. The molecule has 12 heavy (non-hydrogen) atoms. The lowest BCUT2D eigenvalue weighted by molar-refractivity contribution is 0.611. The van der Waals surface area contributed by atoms with E-state index < -0.39 is 0 Å². The van der Waals surface area contributed by atoms with E-state index >= 15 is 0 Å². The van der Waals surface area contributed by atoms with Gasteiger partial charge in [-0.1, -0.05) is 17.8 Å². The van der Waals surface area contributed by atoms with Gasteiger partial charge in [0.2, 0.25) is 0 Å². The Kier molecular flexibility index (Phi) is 1.88. The molecule has 0 radical (unpaired) electrons. The van der Waals surface area contributed by atoms with E-state index in [0.29, 0.717) is 12.1 Å². The Labute approximate surface area is 75.1 Å². The maximum absolute atomic E-state index is 8.64. The highest BCUT2D eigenvalue weighted by Gasteiger charge is 2.16. The summed E-state index contributed by atoms with van der Waals surface area (Å²) in [6.45, 7) is 0.666. The van der Waals surface area contributed by atoms with Gasteiger partial charge in [-0.05, 0) is 0 Å². The molecule has 0 spiro atoms. The van der Waals surface area contributed by atoms with Crippen LogP contribution < -0.4 is 0 Å². The van der Waals surface area contributed by atoms with Gasteiger partial charge in [0, 0.05) is 18.2 Å². The van der Waals surface area contributed by atoms with E-state index in [4.69, 9.17) is 5.26 Å². The average Bonchev–Trinajstić information content (AvgIpc) is 2.17. The molecule has 0 aliphatic carbocycles. The van der Waals surface area contributed by atoms with Crippen LogP contribution in [0, 0.1) is 11.3 Å². The molecule has 0 unspecified atom stereocenters. The summed E-state index contributed by atoms with van der Waals surface area (Å²) < 4.78 is 0. The summed E-state index contributed by atoms with van der Waals surface area (Å²) in [7, 11) is 0. The Morgan fingerprint density at radius 3 is 3.42 bits per heavy atom. The largest absolute Gasteiger partial charge is 0.323 e. The van der Waals surface area contributed by atoms with Gasteiger partial charge < -0.3 is 4.90 Å². The molecule has 0 aromatic carbocycles. The molecular formula is C8H7N3S. The predicted molar refractivity (Wildman–Crippen MR) is 49.4 cm³/mol. The van der Waals surface area contributed by atoms with Crippen LogP contribution in [0.15, 0.2) is 29.0 Å². The van der Waals surface area contributed by atoms with E-state index in [9.17, 15) is 0 Å². The Morgan fingerprint density at radius 2 is 2.58 bits per heavy atom. The van der Waals surface area contributed by atoms with Gasteiger partial charge in [0.25, 0.3) is 0 Å². The summed E-state index contributed by atoms with van der Waals surface area (Å²) in [4.78, 5) is 6.17. The van der Waals surface area contributed by atoms with E-state index in [2.05, 4.69) is 17.1 Å². The second kappa shape index (κ2) is 3.03. The normalized spacial score (nSPS) is 20.8. The molecule has 0 bridgehead atoms. The van der Waals surface area contributed by atoms with Crippen LogP contribution in [0.3, 0.4) is 0 Å². The van der Waals surface area contributed by atoms with Crippen LogP contribution in [0.25, 0.3) is 0 Å². The molecule has 2 aliphatic rings. The number of aliphatic imine (C=N–C) groups is 1. The van der Waals surface area contributed by atoms with Crippen LogP contribution in [0.4, 0.5) is 0 Å². The second-order valence-electron chi connectivity index (χ2n) is 2.50. The smallest absolute Gasteiger partial charge is 0.168 e. The SMILES string of the molecule is N#CC1=CN=C2SCC=CN2C1. The summed E-state index contributed by atoms with van der Waals surface area (Å²) in [6, 6.07) is 2.11. The molecule has 2 aliphatic heterocycles. The number of nitriles is 1. The van der Waals surface area contributed by atoms with Crippen molar-refractivity contribution < 1.29 is 0 Å². The quantitative estimate of drug-likeness (QED) is 0.560. The first-order valence-corrected chi connectivity index (χ1v) is 4.62. The molecule has 3 nitrogen and oxygen atoms in total. The Morgan fingerprint density at radius 1 is 1.67 bits per heavy atom. The number of amidine groups is 1. The lowest BCUT2D eigenvalue weighted by Gasteiger charge is -2.26. The lowest BCUT2D eigenvalue weighted by atomic mass is 10.3. The molecule has 60 valence electrons. The van der Waals surface area contributed by atoms with Gasteiger partial charge in [-0.3, -0.25) is 0 Å². The summed E-state index contributed by atoms with van der Waals surface area (Å²) in [5.74, 6) is 0.977. The fourth-order valence-electron chi connectivity index (χ4n) is 1.09. The van der Waals surface area contributed by atoms with E-state index in [0.717, 1.165) is 10.9 Å². The lowest BCUT2D eigenvalue weighted by Crippen LogP contribution is -2.29. The summed E-state index contributed by atoms with van der Waals surface area (Å²) in [5.41, 5.74) is 0.714. The van der Waals surface area contributed by atoms with Crippen molar-refractivity contribution in [2.45, 2.75) is 0 Å². The minimum Gasteiger partial charge on any atom is -0.323 e. The van der Waals surface area contributed by atoms with Gasteiger partial charge in [0.05, 0.1) is 18.2 Å². The van der Waals surface area contributed by atoms with Gasteiger partial charge in [0.1, 0.15) is 0 Å². The van der Waals surface area contributed by atoms with E-state index in [1.807, 2.05) is 11.1 Å². The number of fused-ring (bicyclic) bond motifs is 1. The van der Waals surface area contributed by atoms with Crippen molar-refractivity contribution in [2.24, 2.45) is 4.99 Å². The van der Waals surface area contributed by atoms with Crippen molar-refractivity contribution in [2.75, 3.05) is 12.3 Å². The van der Waals surface area contributed by atoms with E-state index in [1.54, 1.807) is 18.0 Å². The van der Waals surface area contributed by atoms with Crippen molar-refractivity contribution in [1.29, 1.82) is 5.26 Å². The first kappa shape index (κ1) is 7.44. The first-order valence-electron chi connectivity index (χ1n) is 3.63. The minimum absolute atomic E-state index is 0.666. The maximum Gasteiger partial charge on any atom is 0.168 e. The summed E-state index contributed by atoms with van der Waals surface area (Å²) in [5, 5.41) is 9.63. The third-order valence-corrected chi connectivity index (χ3v) is 2.61. The second-order valence-corrected chi connectivity index (χ2v) is 3.49. The average molecular weight is 177 g/mol. The van der Waals surface area contributed by atoms with Crippen LogP contribution >= 0.6 is 11.8 Å². The first-order chi connectivity index (χ1) is 5.90. The zero-order valence-electron chi connectivity index (χ0n) is 6.40. The molecule has 0 aromatic heterocycles. The Bertz CT molecular complexity index is 322. The fourth-order valence-corrected chi connectivity index (χ4v) is 1.84. The predicted octanol–water partition coefficient (Wildman–Crippen LogP) is 1.33. The van der Waals surface area contributed by atoms with E-state index in [-0.39, 0.29) is 0 Å². The van der Waals surface area contributed by atoms with Gasteiger partial charge in [0.15, 0.2) is 5.17 Å². The molecule has 4 heteroatoms. The molecule has 0 amide bonds. The molecular weight excluding hydrogens is 170 g/mol. The zero-order valence-corrected chi connectivity index (χ0v) is 7.21. The van der Waals surface area contributed by atoms with Crippen LogP contribution in [0.1, 0.15) is 0 Å². The van der Waals surface area contributed by atoms with Crippen molar-refractivity contribution in [3.8, 4) is 6.07 Å². The van der Waals surface area contributed by atoms with Crippen molar-refractivity contribution in [1.82, 2.24) is 4.90 Å². The third-order valence-electron chi connectivity index (χ3n) is 1.65. The highest BCUT2D eigenvalue weighted by atomic mass is 32.2. The monoisotopic (exact) mass is 177 g/mol. The van der Waals surface area contributed by atoms with Crippen LogP contribution in [0.2, 0.25) is 0 Å². The van der Waals surface area contributed by atoms with Gasteiger partial charge in [-0.15, -0.1) is 0 Å². The molecule has 2 heterocycles. The minimum atomic E-state index is 0.666. The molecule has 0 saturated carbocycles. The Balaban J connectivity index is 2.27. The molecule has 0 aromatic rings. The molecule has 0 N–H and O–H groups in total. The molecule has 0 fully saturated rings. The van der Waals surface area contributed by atoms with Gasteiger partial charge in [-0.2, -0.15) is 5.26 Å². The summed E-state index contributed by atoms with van der Waals surface area (Å²) >= 11 is 1.69. The fraction of sp³-hybridized carbons (Fsp3) is 0.250. The third kappa shape index (κ3) is 1.23. The van der Waals surface area contributed by atoms with Crippen molar-refractivity contribution in [3.05, 3.63) is 24.0 Å². The molecule has 0 saturated heterocycles. The molecule has 0 atom stereocenters. The Hall–Kier alpha value is -1.21. The summed E-state index contributed by atoms with van der Waals surface area (Å²) in [6.07, 6.45) is 5.71. The number of nitrogens with zero attached hydrogens (tertiary/aromatic N) is 3. The zero-order chi connectivity index (χ0) is 8.39. The topological polar surface area (TPSA) is 39.4 Å². The van der Waals surface area contributed by atoms with Gasteiger partial charge in [-0.25, -0.2) is 4.99 Å². The van der Waals surface area contributed by atoms with Crippen LogP contribution in [-0.4, -0.2) is 22.4 Å². The van der Waals surface area contributed by atoms with Crippen molar-refractivity contribution >= 4 is 16.9 Å². The number of rotatable bonds is 0. The number of hydrogen-bond donors (Lipinski definition) is 0. The number of thioether (sulfide) groups is 1. The van der Waals surface area contributed by atoms with Gasteiger partial charge >= 0.3 is 0 Å². The van der Waals surface area contributed by atoms with Crippen LogP contribution in [0.5, 0.6) is 0 Å². The maximum atomic E-state index is 8.64. The number of hydrogen-bond acceptors (Lipinski definition) is 4.